The van der Waals surface area contributed by atoms with E-state index in [0.29, 0.717) is 0 Å². The van der Waals surface area contributed by atoms with Crippen LogP contribution in [0.1, 0.15) is 44.5 Å². The molecule has 2 heterocycles. The van der Waals surface area contributed by atoms with Gasteiger partial charge in [0.1, 0.15) is 6.04 Å². The lowest BCUT2D eigenvalue weighted by atomic mass is 9.95. The van der Waals surface area contributed by atoms with E-state index in [-0.39, 0.29) is 6.04 Å². The van der Waals surface area contributed by atoms with Crippen LogP contribution in [-0.4, -0.2) is 32.9 Å². The molecular formula is C14H22BrN3O2. The maximum absolute atomic E-state index is 11.1. The second kappa shape index (κ2) is 6.72. The summed E-state index contributed by atoms with van der Waals surface area (Å²) in [6.45, 7) is 5.01. The molecule has 0 bridgehead atoms. The van der Waals surface area contributed by atoms with Crippen molar-refractivity contribution in [3.8, 4) is 0 Å². The van der Waals surface area contributed by atoms with E-state index in [9.17, 15) is 4.79 Å². The summed E-state index contributed by atoms with van der Waals surface area (Å²) in [7, 11) is 0. The zero-order chi connectivity index (χ0) is 14.7. The second-order valence-corrected chi connectivity index (χ2v) is 6.06. The third kappa shape index (κ3) is 3.23. The number of aryl methyl sites for hydroxylation is 2. The number of carboxylic acids is 1. The van der Waals surface area contributed by atoms with Crippen LogP contribution >= 0.6 is 15.9 Å². The maximum Gasteiger partial charge on any atom is 0.320 e. The van der Waals surface area contributed by atoms with Crippen molar-refractivity contribution in [3.63, 3.8) is 0 Å². The molecule has 1 aliphatic heterocycles. The van der Waals surface area contributed by atoms with Gasteiger partial charge in [-0.2, -0.15) is 5.10 Å². The van der Waals surface area contributed by atoms with Gasteiger partial charge in [-0.3, -0.25) is 9.48 Å². The van der Waals surface area contributed by atoms with Crippen molar-refractivity contribution in [2.24, 2.45) is 0 Å². The van der Waals surface area contributed by atoms with Crippen LogP contribution in [0.5, 0.6) is 0 Å². The smallest absolute Gasteiger partial charge is 0.320 e. The third-order valence-electron chi connectivity index (χ3n) is 3.91. The Labute approximate surface area is 127 Å². The van der Waals surface area contributed by atoms with Crippen LogP contribution in [0.2, 0.25) is 0 Å². The van der Waals surface area contributed by atoms with Crippen LogP contribution < -0.4 is 5.32 Å². The van der Waals surface area contributed by atoms with Gasteiger partial charge in [-0.25, -0.2) is 0 Å². The molecule has 112 valence electrons. The van der Waals surface area contributed by atoms with E-state index in [1.54, 1.807) is 0 Å². The number of carbonyl (C=O) groups is 1. The summed E-state index contributed by atoms with van der Waals surface area (Å²) in [4.78, 5) is 11.1. The largest absolute Gasteiger partial charge is 0.480 e. The van der Waals surface area contributed by atoms with Gasteiger partial charge >= 0.3 is 5.97 Å². The molecule has 1 aromatic heterocycles. The van der Waals surface area contributed by atoms with Crippen molar-refractivity contribution in [2.45, 2.75) is 64.6 Å². The zero-order valence-corrected chi connectivity index (χ0v) is 13.6. The number of hydrogen-bond donors (Lipinski definition) is 2. The van der Waals surface area contributed by atoms with E-state index in [2.05, 4.69) is 40.2 Å². The minimum Gasteiger partial charge on any atom is -0.480 e. The number of carboxylic acid groups (broad SMARTS) is 1. The molecule has 6 heteroatoms. The van der Waals surface area contributed by atoms with E-state index in [1.807, 2.05) is 4.68 Å². The summed E-state index contributed by atoms with van der Waals surface area (Å²) in [5.74, 6) is -0.744. The van der Waals surface area contributed by atoms with Gasteiger partial charge in [0.15, 0.2) is 0 Å². The summed E-state index contributed by atoms with van der Waals surface area (Å²) in [5, 5.41) is 17.0. The highest BCUT2D eigenvalue weighted by Gasteiger charge is 2.27. The van der Waals surface area contributed by atoms with Crippen molar-refractivity contribution >= 4 is 21.9 Å². The molecule has 0 saturated carbocycles. The van der Waals surface area contributed by atoms with Crippen molar-refractivity contribution in [1.82, 2.24) is 15.1 Å². The summed E-state index contributed by atoms with van der Waals surface area (Å²) in [6, 6.07) is -0.191. The first-order chi connectivity index (χ1) is 9.56. The number of hydrogen-bond acceptors (Lipinski definition) is 3. The van der Waals surface area contributed by atoms with Gasteiger partial charge in [-0.05, 0) is 48.5 Å². The maximum atomic E-state index is 11.1. The number of piperidine rings is 1. The number of aromatic nitrogens is 2. The SMILES string of the molecule is CCc1nn(CC)c(CC2CCCC(C(=O)O)N2)c1Br. The first-order valence-electron chi connectivity index (χ1n) is 7.29. The lowest BCUT2D eigenvalue weighted by molar-refractivity contribution is -0.140. The molecule has 2 N–H and O–H groups in total. The Balaban J connectivity index is 2.13. The highest BCUT2D eigenvalue weighted by Crippen LogP contribution is 2.25. The molecule has 0 aliphatic carbocycles. The average molecular weight is 344 g/mol. The zero-order valence-electron chi connectivity index (χ0n) is 12.0. The van der Waals surface area contributed by atoms with E-state index >= 15 is 0 Å². The lowest BCUT2D eigenvalue weighted by Gasteiger charge is -2.28. The number of nitrogens with one attached hydrogen (secondary N) is 1. The van der Waals surface area contributed by atoms with Gasteiger partial charge in [0, 0.05) is 19.0 Å². The Hall–Kier alpha value is -0.880. The molecule has 0 aromatic carbocycles. The predicted molar refractivity (Wildman–Crippen MR) is 80.9 cm³/mol. The van der Waals surface area contributed by atoms with Gasteiger partial charge in [-0.1, -0.05) is 6.92 Å². The fourth-order valence-electron chi connectivity index (χ4n) is 2.82. The van der Waals surface area contributed by atoms with E-state index in [0.717, 1.165) is 48.8 Å². The van der Waals surface area contributed by atoms with Crippen molar-refractivity contribution in [3.05, 3.63) is 15.9 Å². The molecule has 2 atom stereocenters. The van der Waals surface area contributed by atoms with Crippen molar-refractivity contribution in [2.75, 3.05) is 0 Å². The fraction of sp³-hybridized carbons (Fsp3) is 0.714. The van der Waals surface area contributed by atoms with Crippen LogP contribution in [0.3, 0.4) is 0 Å². The van der Waals surface area contributed by atoms with Crippen LogP contribution in [0.4, 0.5) is 0 Å². The molecule has 0 spiro atoms. The molecule has 0 radical (unpaired) electrons. The number of rotatable bonds is 5. The van der Waals surface area contributed by atoms with Gasteiger partial charge in [-0.15, -0.1) is 0 Å². The number of aliphatic carboxylic acids is 1. The summed E-state index contributed by atoms with van der Waals surface area (Å²) in [5.41, 5.74) is 2.25. The standard InChI is InChI=1S/C14H22BrN3O2/c1-3-10-13(15)12(18(4-2)17-10)8-9-6-5-7-11(16-9)14(19)20/h9,11,16H,3-8H2,1-2H3,(H,19,20). The molecule has 2 rings (SSSR count). The Bertz CT molecular complexity index is 487. The average Bonchev–Trinajstić information content (AvgIpc) is 2.75. The summed E-state index contributed by atoms with van der Waals surface area (Å²) >= 11 is 3.65. The van der Waals surface area contributed by atoms with E-state index in [1.165, 1.54) is 5.69 Å². The third-order valence-corrected chi connectivity index (χ3v) is 4.83. The molecule has 1 aliphatic rings. The molecule has 2 unspecified atom stereocenters. The molecule has 0 amide bonds. The summed E-state index contributed by atoms with van der Waals surface area (Å²) < 4.78 is 3.11. The van der Waals surface area contributed by atoms with Gasteiger partial charge in [0.05, 0.1) is 15.9 Å². The molecule has 1 fully saturated rings. The molecule has 20 heavy (non-hydrogen) atoms. The molecular weight excluding hydrogens is 322 g/mol. The minimum absolute atomic E-state index is 0.216. The topological polar surface area (TPSA) is 67.2 Å². The Morgan fingerprint density at radius 3 is 2.85 bits per heavy atom. The Morgan fingerprint density at radius 2 is 2.25 bits per heavy atom. The van der Waals surface area contributed by atoms with Gasteiger partial charge in [0.2, 0.25) is 0 Å². The van der Waals surface area contributed by atoms with E-state index < -0.39 is 12.0 Å². The number of nitrogens with zero attached hydrogens (tertiary/aromatic N) is 2. The fourth-order valence-corrected chi connectivity index (χ4v) is 3.55. The van der Waals surface area contributed by atoms with Crippen molar-refractivity contribution < 1.29 is 9.90 Å². The normalized spacial score (nSPS) is 22.9. The molecule has 1 aromatic rings. The highest BCUT2D eigenvalue weighted by atomic mass is 79.9. The second-order valence-electron chi connectivity index (χ2n) is 5.27. The van der Waals surface area contributed by atoms with Gasteiger partial charge in [0.25, 0.3) is 0 Å². The van der Waals surface area contributed by atoms with Crippen molar-refractivity contribution in [1.29, 1.82) is 0 Å². The molecule has 1 saturated heterocycles. The predicted octanol–water partition coefficient (Wildman–Crippen LogP) is 2.37. The first kappa shape index (κ1) is 15.5. The Kier molecular flexibility index (Phi) is 5.21. The lowest BCUT2D eigenvalue weighted by Crippen LogP contribution is -2.47. The quantitative estimate of drug-likeness (QED) is 0.861. The number of halogens is 1. The first-order valence-corrected chi connectivity index (χ1v) is 8.09. The minimum atomic E-state index is -0.744. The monoisotopic (exact) mass is 343 g/mol. The van der Waals surface area contributed by atoms with Crippen LogP contribution in [-0.2, 0) is 24.2 Å². The Morgan fingerprint density at radius 1 is 1.50 bits per heavy atom. The van der Waals surface area contributed by atoms with Gasteiger partial charge < -0.3 is 10.4 Å². The van der Waals surface area contributed by atoms with Crippen LogP contribution in [0, 0.1) is 0 Å². The van der Waals surface area contributed by atoms with Crippen LogP contribution in [0.15, 0.2) is 4.47 Å². The highest BCUT2D eigenvalue weighted by molar-refractivity contribution is 9.10. The van der Waals surface area contributed by atoms with Crippen LogP contribution in [0.25, 0.3) is 0 Å². The summed E-state index contributed by atoms with van der Waals surface area (Å²) in [6.07, 6.45) is 4.43. The molecule has 5 nitrogen and oxygen atoms in total. The van der Waals surface area contributed by atoms with E-state index in [4.69, 9.17) is 5.11 Å².